The van der Waals surface area contributed by atoms with Crippen LogP contribution in [-0.4, -0.2) is 57.8 Å². The van der Waals surface area contributed by atoms with Gasteiger partial charge in [0, 0.05) is 20.6 Å². The van der Waals surface area contributed by atoms with Gasteiger partial charge < -0.3 is 24.7 Å². The van der Waals surface area contributed by atoms with E-state index in [1.165, 1.54) is 6.33 Å². The summed E-state index contributed by atoms with van der Waals surface area (Å²) in [5.41, 5.74) is 5.40. The van der Waals surface area contributed by atoms with Crippen LogP contribution in [-0.2, 0) is 18.9 Å². The van der Waals surface area contributed by atoms with Gasteiger partial charge in [-0.3, -0.25) is 14.3 Å². The van der Waals surface area contributed by atoms with Gasteiger partial charge in [-0.2, -0.15) is 4.98 Å². The lowest BCUT2D eigenvalue weighted by atomic mass is 9.59. The van der Waals surface area contributed by atoms with E-state index < -0.39 is 17.6 Å². The highest BCUT2D eigenvalue weighted by Crippen LogP contribution is 2.69. The minimum absolute atomic E-state index is 0.0302. The number of rotatable bonds is 4. The maximum absolute atomic E-state index is 12.0. The second kappa shape index (κ2) is 4.33. The van der Waals surface area contributed by atoms with Crippen molar-refractivity contribution in [1.29, 1.82) is 0 Å². The molecular weight excluding hydrogens is 318 g/mol. The average Bonchev–Trinajstić information content (AvgIpc) is 2.95. The molecule has 1 aliphatic carbocycles. The lowest BCUT2D eigenvalue weighted by Gasteiger charge is -2.64. The standard InChI is InChI=1S/C14H17N5O5/c1-21-4-13-3-14(22-2)8(13)7(23-14)11(24-13)19-5-16-6-9(19)17-12(15)18-10(6)20/h5,7-8,11H,3-4H2,1-2H3,(H3,15,17,18,20)/t7?,8?,11-,13?,14?/m1/s1. The predicted molar refractivity (Wildman–Crippen MR) is 80.0 cm³/mol. The molecule has 2 aromatic rings. The summed E-state index contributed by atoms with van der Waals surface area (Å²) in [5.74, 6) is -0.502. The van der Waals surface area contributed by atoms with Crippen molar-refractivity contribution in [2.24, 2.45) is 5.92 Å². The molecule has 5 atom stereocenters. The molecule has 4 heterocycles. The van der Waals surface area contributed by atoms with Crippen molar-refractivity contribution in [3.05, 3.63) is 16.7 Å². The van der Waals surface area contributed by atoms with Crippen LogP contribution >= 0.6 is 0 Å². The lowest BCUT2D eigenvalue weighted by molar-refractivity contribution is -0.441. The zero-order valence-corrected chi connectivity index (χ0v) is 13.2. The highest BCUT2D eigenvalue weighted by Gasteiger charge is 2.82. The van der Waals surface area contributed by atoms with E-state index in [-0.39, 0.29) is 29.0 Å². The number of nitrogen functional groups attached to an aromatic ring is 1. The van der Waals surface area contributed by atoms with E-state index in [2.05, 4.69) is 15.0 Å². The molecule has 3 aliphatic rings. The number of nitrogens with one attached hydrogen (secondary N) is 1. The van der Waals surface area contributed by atoms with Crippen LogP contribution in [0.25, 0.3) is 11.2 Å². The van der Waals surface area contributed by atoms with Crippen LogP contribution in [0.3, 0.4) is 0 Å². The zero-order chi connectivity index (χ0) is 16.7. The van der Waals surface area contributed by atoms with Crippen LogP contribution in [0.5, 0.6) is 0 Å². The highest BCUT2D eigenvalue weighted by atomic mass is 16.8. The molecule has 3 fully saturated rings. The molecule has 24 heavy (non-hydrogen) atoms. The van der Waals surface area contributed by atoms with Crippen LogP contribution in [0.1, 0.15) is 12.6 Å². The molecule has 5 rings (SSSR count). The molecule has 10 heteroatoms. The molecule has 0 bridgehead atoms. The zero-order valence-electron chi connectivity index (χ0n) is 13.2. The van der Waals surface area contributed by atoms with Crippen molar-refractivity contribution in [3.8, 4) is 0 Å². The van der Waals surface area contributed by atoms with Gasteiger partial charge in [-0.15, -0.1) is 0 Å². The number of anilines is 1. The van der Waals surface area contributed by atoms with Crippen molar-refractivity contribution in [3.63, 3.8) is 0 Å². The number of aromatic amines is 1. The maximum Gasteiger partial charge on any atom is 0.280 e. The molecule has 2 aromatic heterocycles. The van der Waals surface area contributed by atoms with Gasteiger partial charge in [0.2, 0.25) is 5.95 Å². The first-order chi connectivity index (χ1) is 11.5. The molecule has 4 unspecified atom stereocenters. The molecule has 10 nitrogen and oxygen atoms in total. The number of fused-ring (bicyclic) bond motifs is 1. The van der Waals surface area contributed by atoms with E-state index in [9.17, 15) is 4.79 Å². The van der Waals surface area contributed by atoms with Gasteiger partial charge in [0.05, 0.1) is 18.9 Å². The van der Waals surface area contributed by atoms with Crippen molar-refractivity contribution in [2.45, 2.75) is 30.1 Å². The molecule has 2 aliphatic heterocycles. The first-order valence-corrected chi connectivity index (χ1v) is 7.66. The molecule has 0 radical (unpaired) electrons. The Morgan fingerprint density at radius 3 is 3.08 bits per heavy atom. The van der Waals surface area contributed by atoms with Crippen molar-refractivity contribution in [2.75, 3.05) is 26.6 Å². The highest BCUT2D eigenvalue weighted by molar-refractivity contribution is 5.70. The van der Waals surface area contributed by atoms with Crippen LogP contribution in [0, 0.1) is 5.92 Å². The van der Waals surface area contributed by atoms with Gasteiger partial charge in [0.25, 0.3) is 5.56 Å². The Hall–Kier alpha value is -2.01. The Morgan fingerprint density at radius 1 is 1.50 bits per heavy atom. The molecule has 0 aromatic carbocycles. The van der Waals surface area contributed by atoms with Gasteiger partial charge >= 0.3 is 0 Å². The van der Waals surface area contributed by atoms with E-state index in [1.807, 2.05) is 0 Å². The number of aromatic nitrogens is 4. The Morgan fingerprint density at radius 2 is 2.33 bits per heavy atom. The smallest absolute Gasteiger partial charge is 0.280 e. The third kappa shape index (κ3) is 1.47. The van der Waals surface area contributed by atoms with E-state index in [4.69, 9.17) is 24.7 Å². The van der Waals surface area contributed by atoms with Gasteiger partial charge in [0.1, 0.15) is 11.7 Å². The minimum Gasteiger partial charge on any atom is -0.382 e. The number of nitrogens with zero attached hydrogens (tertiary/aromatic N) is 3. The van der Waals surface area contributed by atoms with Crippen molar-refractivity contribution >= 4 is 17.1 Å². The number of methoxy groups -OCH3 is 2. The normalized spacial score (nSPS) is 39.5. The Labute approximate surface area is 135 Å². The summed E-state index contributed by atoms with van der Waals surface area (Å²) in [5, 5.41) is 0. The summed E-state index contributed by atoms with van der Waals surface area (Å²) in [6.07, 6.45) is 1.45. The third-order valence-corrected chi connectivity index (χ3v) is 5.35. The summed E-state index contributed by atoms with van der Waals surface area (Å²) in [7, 11) is 3.27. The number of H-pyrrole nitrogens is 1. The fraction of sp³-hybridized carbons (Fsp3) is 0.643. The largest absolute Gasteiger partial charge is 0.382 e. The van der Waals surface area contributed by atoms with Crippen LogP contribution in [0.4, 0.5) is 5.95 Å². The van der Waals surface area contributed by atoms with E-state index in [0.29, 0.717) is 18.7 Å². The second-order valence-electron chi connectivity index (χ2n) is 6.53. The minimum atomic E-state index is -0.599. The van der Waals surface area contributed by atoms with Crippen LogP contribution in [0.2, 0.25) is 0 Å². The van der Waals surface area contributed by atoms with Gasteiger partial charge in [-0.25, -0.2) is 4.98 Å². The Bertz CT molecular complexity index is 895. The molecule has 128 valence electrons. The van der Waals surface area contributed by atoms with E-state index in [0.717, 1.165) is 0 Å². The van der Waals surface area contributed by atoms with Crippen LogP contribution in [0.15, 0.2) is 11.1 Å². The lowest BCUT2D eigenvalue weighted by Crippen LogP contribution is -2.78. The summed E-state index contributed by atoms with van der Waals surface area (Å²) >= 11 is 0. The molecule has 0 amide bonds. The van der Waals surface area contributed by atoms with Crippen LogP contribution < -0.4 is 11.3 Å². The topological polar surface area (TPSA) is 127 Å². The molecule has 2 saturated heterocycles. The second-order valence-corrected chi connectivity index (χ2v) is 6.53. The number of nitrogens with two attached hydrogens (primary N) is 1. The molecule has 1 saturated carbocycles. The summed E-state index contributed by atoms with van der Waals surface area (Å²) in [6, 6.07) is 0. The van der Waals surface area contributed by atoms with Crippen molar-refractivity contribution < 1.29 is 18.9 Å². The Kier molecular flexibility index (Phi) is 2.59. The molecule has 3 N–H and O–H groups in total. The van der Waals surface area contributed by atoms with E-state index in [1.54, 1.807) is 18.8 Å². The average molecular weight is 335 g/mol. The van der Waals surface area contributed by atoms with Gasteiger partial charge in [-0.05, 0) is 0 Å². The van der Waals surface area contributed by atoms with Crippen molar-refractivity contribution in [1.82, 2.24) is 19.5 Å². The molecule has 0 spiro atoms. The quantitative estimate of drug-likeness (QED) is 0.757. The summed E-state index contributed by atoms with van der Waals surface area (Å²) in [6.45, 7) is 0.446. The number of hydrogen-bond donors (Lipinski definition) is 2. The molecular formula is C14H17N5O5. The first kappa shape index (κ1) is 14.3. The fourth-order valence-electron chi connectivity index (χ4n) is 4.45. The summed E-state index contributed by atoms with van der Waals surface area (Å²) < 4.78 is 24.9. The SMILES string of the molecule is COCC12CC3(OC)OC(C13)[C@H](n1cnc3c(=O)[nH]c(N)nc31)O2. The monoisotopic (exact) mass is 335 g/mol. The van der Waals surface area contributed by atoms with E-state index >= 15 is 0 Å². The first-order valence-electron chi connectivity index (χ1n) is 7.66. The predicted octanol–water partition coefficient (Wildman–Crippen LogP) is -0.623. The Balaban J connectivity index is 1.59. The maximum atomic E-state index is 12.0. The third-order valence-electron chi connectivity index (χ3n) is 5.35. The summed E-state index contributed by atoms with van der Waals surface area (Å²) in [4.78, 5) is 22.7. The number of hydrogen-bond acceptors (Lipinski definition) is 8. The number of imidazole rings is 1. The number of ether oxygens (including phenoxy) is 4. The van der Waals surface area contributed by atoms with Gasteiger partial charge in [0.15, 0.2) is 23.2 Å². The fourth-order valence-corrected chi connectivity index (χ4v) is 4.45. The van der Waals surface area contributed by atoms with Gasteiger partial charge in [-0.1, -0.05) is 0 Å².